The number of carbonyl (C=O) groups excluding carboxylic acids is 1. The van der Waals surface area contributed by atoms with Gasteiger partial charge in [-0.05, 0) is 13.8 Å². The van der Waals surface area contributed by atoms with Crippen LogP contribution in [0.4, 0.5) is 0 Å². The summed E-state index contributed by atoms with van der Waals surface area (Å²) in [7, 11) is -3.09. The van der Waals surface area contributed by atoms with Crippen molar-refractivity contribution in [2.75, 3.05) is 45.1 Å². The number of rotatable bonds is 5. The molecule has 1 aliphatic heterocycles. The second-order valence-electron chi connectivity index (χ2n) is 3.88. The Labute approximate surface area is 119 Å². The highest BCUT2D eigenvalue weighted by Crippen LogP contribution is 2.07. The minimum absolute atomic E-state index is 0. The Morgan fingerprint density at radius 1 is 1.17 bits per heavy atom. The van der Waals surface area contributed by atoms with Crippen LogP contribution >= 0.6 is 17.0 Å². The van der Waals surface area contributed by atoms with Gasteiger partial charge < -0.3 is 4.74 Å². The van der Waals surface area contributed by atoms with Crippen LogP contribution in [0.3, 0.4) is 0 Å². The first kappa shape index (κ1) is 17.8. The Morgan fingerprint density at radius 2 is 1.72 bits per heavy atom. The summed E-state index contributed by atoms with van der Waals surface area (Å²) in [5, 5.41) is 0. The van der Waals surface area contributed by atoms with Crippen LogP contribution in [0.5, 0.6) is 0 Å². The molecule has 0 spiro atoms. The largest absolute Gasteiger partial charge is 0.465 e. The minimum Gasteiger partial charge on any atom is -0.465 e. The molecule has 0 atom stereocenters. The summed E-state index contributed by atoms with van der Waals surface area (Å²) in [4.78, 5) is 13.2. The average molecular weight is 345 g/mol. The van der Waals surface area contributed by atoms with E-state index in [1.807, 2.05) is 4.90 Å². The van der Waals surface area contributed by atoms with Gasteiger partial charge in [0.05, 0.1) is 18.9 Å². The van der Waals surface area contributed by atoms with E-state index in [0.717, 1.165) is 0 Å². The van der Waals surface area contributed by atoms with Crippen LogP contribution in [0.1, 0.15) is 13.8 Å². The molecule has 0 aliphatic carbocycles. The Balaban J connectivity index is 0.00000289. The number of halogens is 1. The fraction of sp³-hybridized carbons (Fsp3) is 0.900. The molecule has 0 N–H and O–H groups in total. The molecule has 0 unspecified atom stereocenters. The fourth-order valence-electron chi connectivity index (χ4n) is 1.74. The number of esters is 1. The maximum absolute atomic E-state index is 11.6. The van der Waals surface area contributed by atoms with E-state index in [1.54, 1.807) is 13.8 Å². The van der Waals surface area contributed by atoms with Crippen molar-refractivity contribution in [2.24, 2.45) is 0 Å². The van der Waals surface area contributed by atoms with Crippen molar-refractivity contribution in [2.45, 2.75) is 13.8 Å². The van der Waals surface area contributed by atoms with Crippen molar-refractivity contribution < 1.29 is 17.9 Å². The van der Waals surface area contributed by atoms with Gasteiger partial charge in [0.25, 0.3) is 0 Å². The molecule has 18 heavy (non-hydrogen) atoms. The van der Waals surface area contributed by atoms with Crippen LogP contribution < -0.4 is 0 Å². The maximum atomic E-state index is 11.6. The van der Waals surface area contributed by atoms with Gasteiger partial charge in [-0.2, -0.15) is 4.31 Å². The van der Waals surface area contributed by atoms with Gasteiger partial charge in [0.15, 0.2) is 0 Å². The van der Waals surface area contributed by atoms with Crippen LogP contribution in [0.2, 0.25) is 0 Å². The van der Waals surface area contributed by atoms with E-state index in [4.69, 9.17) is 4.74 Å². The van der Waals surface area contributed by atoms with Crippen molar-refractivity contribution in [3.8, 4) is 0 Å². The van der Waals surface area contributed by atoms with Crippen molar-refractivity contribution in [1.82, 2.24) is 9.21 Å². The van der Waals surface area contributed by atoms with E-state index in [2.05, 4.69) is 0 Å². The fourth-order valence-corrected chi connectivity index (χ4v) is 2.82. The summed E-state index contributed by atoms with van der Waals surface area (Å²) in [5.41, 5.74) is 0. The number of hydrogen-bond acceptors (Lipinski definition) is 5. The minimum atomic E-state index is -3.09. The van der Waals surface area contributed by atoms with Gasteiger partial charge in [-0.3, -0.25) is 9.69 Å². The predicted molar refractivity (Wildman–Crippen MR) is 74.4 cm³/mol. The van der Waals surface area contributed by atoms with Crippen molar-refractivity contribution in [3.63, 3.8) is 0 Å². The third kappa shape index (κ3) is 5.21. The summed E-state index contributed by atoms with van der Waals surface area (Å²) in [6.45, 7) is 6.10. The lowest BCUT2D eigenvalue weighted by Gasteiger charge is -2.33. The van der Waals surface area contributed by atoms with E-state index in [9.17, 15) is 13.2 Å². The molecule has 1 aliphatic rings. The normalized spacial score (nSPS) is 18.1. The zero-order valence-corrected chi connectivity index (χ0v) is 13.3. The Bertz CT molecular complexity index is 353. The Hall–Kier alpha value is -0.180. The topological polar surface area (TPSA) is 66.9 Å². The number of sulfonamides is 1. The third-order valence-corrected chi connectivity index (χ3v) is 4.63. The molecule has 0 bridgehead atoms. The molecule has 0 aromatic rings. The average Bonchev–Trinajstić information content (AvgIpc) is 2.30. The summed E-state index contributed by atoms with van der Waals surface area (Å²) >= 11 is 0. The number of ether oxygens (including phenoxy) is 1. The first-order chi connectivity index (χ1) is 7.99. The Kier molecular flexibility index (Phi) is 8.00. The molecule has 0 aromatic carbocycles. The standard InChI is InChI=1S/C10H20N2O4S.BrH/c1-3-16-10(13)9-11-5-7-12(8-6-11)17(14,15)4-2;/h3-9H2,1-2H3;1H. The van der Waals surface area contributed by atoms with Crippen molar-refractivity contribution in [1.29, 1.82) is 0 Å². The summed E-state index contributed by atoms with van der Waals surface area (Å²) in [5.74, 6) is -0.121. The lowest BCUT2D eigenvalue weighted by atomic mass is 10.3. The number of nitrogens with zero attached hydrogens (tertiary/aromatic N) is 2. The summed E-state index contributed by atoms with van der Waals surface area (Å²) in [6.07, 6.45) is 0. The summed E-state index contributed by atoms with van der Waals surface area (Å²) < 4.78 is 29.5. The highest BCUT2D eigenvalue weighted by atomic mass is 79.9. The summed E-state index contributed by atoms with van der Waals surface area (Å²) in [6, 6.07) is 0. The molecule has 0 amide bonds. The molecular formula is C10H21BrN2O4S. The van der Waals surface area contributed by atoms with Crippen LogP contribution in [0.15, 0.2) is 0 Å². The molecule has 1 rings (SSSR count). The smallest absolute Gasteiger partial charge is 0.320 e. The van der Waals surface area contributed by atoms with Crippen LogP contribution in [-0.4, -0.2) is 68.7 Å². The Morgan fingerprint density at radius 3 is 2.17 bits per heavy atom. The van der Waals surface area contributed by atoms with Gasteiger partial charge in [0, 0.05) is 26.2 Å². The lowest BCUT2D eigenvalue weighted by molar-refractivity contribution is -0.144. The molecule has 0 saturated carbocycles. The number of carbonyl (C=O) groups is 1. The SMILES string of the molecule is Br.CCOC(=O)CN1CCN(S(=O)(=O)CC)CC1. The van der Waals surface area contributed by atoms with E-state index in [-0.39, 0.29) is 35.2 Å². The van der Waals surface area contributed by atoms with Crippen molar-refractivity contribution in [3.05, 3.63) is 0 Å². The van der Waals surface area contributed by atoms with E-state index in [1.165, 1.54) is 4.31 Å². The van der Waals surface area contributed by atoms with Gasteiger partial charge in [-0.1, -0.05) is 0 Å². The van der Waals surface area contributed by atoms with Crippen LogP contribution in [0.25, 0.3) is 0 Å². The molecule has 1 heterocycles. The van der Waals surface area contributed by atoms with Crippen molar-refractivity contribution >= 4 is 33.0 Å². The first-order valence-electron chi connectivity index (χ1n) is 5.85. The van der Waals surface area contributed by atoms with Gasteiger partial charge in [0.2, 0.25) is 10.0 Å². The lowest BCUT2D eigenvalue weighted by Crippen LogP contribution is -2.50. The van der Waals surface area contributed by atoms with Gasteiger partial charge in [0.1, 0.15) is 0 Å². The molecular weight excluding hydrogens is 324 g/mol. The second-order valence-corrected chi connectivity index (χ2v) is 6.14. The van der Waals surface area contributed by atoms with Crippen LogP contribution in [0, 0.1) is 0 Å². The molecule has 1 saturated heterocycles. The molecule has 108 valence electrons. The molecule has 0 aromatic heterocycles. The first-order valence-corrected chi connectivity index (χ1v) is 7.46. The third-order valence-electron chi connectivity index (χ3n) is 2.75. The van der Waals surface area contributed by atoms with E-state index < -0.39 is 10.0 Å². The van der Waals surface area contributed by atoms with Gasteiger partial charge >= 0.3 is 5.97 Å². The highest BCUT2D eigenvalue weighted by Gasteiger charge is 2.26. The second kappa shape index (κ2) is 8.08. The van der Waals surface area contributed by atoms with Crippen LogP contribution in [-0.2, 0) is 19.6 Å². The molecule has 6 nitrogen and oxygen atoms in total. The quantitative estimate of drug-likeness (QED) is 0.661. The monoisotopic (exact) mass is 344 g/mol. The van der Waals surface area contributed by atoms with E-state index >= 15 is 0 Å². The zero-order chi connectivity index (χ0) is 12.9. The van der Waals surface area contributed by atoms with E-state index in [0.29, 0.717) is 32.8 Å². The zero-order valence-electron chi connectivity index (χ0n) is 10.8. The maximum Gasteiger partial charge on any atom is 0.320 e. The predicted octanol–water partition coefficient (Wildman–Crippen LogP) is 0.0947. The van der Waals surface area contributed by atoms with Gasteiger partial charge in [-0.15, -0.1) is 17.0 Å². The number of hydrogen-bond donors (Lipinski definition) is 0. The molecule has 0 radical (unpaired) electrons. The van der Waals surface area contributed by atoms with Gasteiger partial charge in [-0.25, -0.2) is 8.42 Å². The number of piperazine rings is 1. The molecule has 1 fully saturated rings. The molecule has 8 heteroatoms. The highest BCUT2D eigenvalue weighted by molar-refractivity contribution is 8.93.